The lowest BCUT2D eigenvalue weighted by atomic mass is 9.92. The fourth-order valence-electron chi connectivity index (χ4n) is 5.67. The molecular weight excluding hydrogens is 537 g/mol. The molecule has 5 heterocycles. The van der Waals surface area contributed by atoms with Gasteiger partial charge < -0.3 is 9.88 Å². The largest absolute Gasteiger partial charge is 0.326 e. The predicted molar refractivity (Wildman–Crippen MR) is 148 cm³/mol. The van der Waals surface area contributed by atoms with Crippen molar-refractivity contribution in [2.24, 2.45) is 0 Å². The summed E-state index contributed by atoms with van der Waals surface area (Å²) in [6.07, 6.45) is 9.80. The Bertz CT molecular complexity index is 1520. The van der Waals surface area contributed by atoms with Gasteiger partial charge in [0.05, 0.1) is 30.3 Å². The van der Waals surface area contributed by atoms with E-state index in [4.69, 9.17) is 0 Å². The molecular formula is C27H30FN7O2S2. The Labute approximate surface area is 231 Å². The minimum atomic E-state index is -3.66. The van der Waals surface area contributed by atoms with Crippen molar-refractivity contribution in [3.05, 3.63) is 84.5 Å². The van der Waals surface area contributed by atoms with E-state index in [-0.39, 0.29) is 28.2 Å². The van der Waals surface area contributed by atoms with Gasteiger partial charge in [0.25, 0.3) is 10.0 Å². The van der Waals surface area contributed by atoms with Gasteiger partial charge in [-0.05, 0) is 56.0 Å². The first-order chi connectivity index (χ1) is 18.9. The van der Waals surface area contributed by atoms with E-state index >= 15 is 0 Å². The number of piperidine rings is 1. The molecule has 4 aromatic rings. The fourth-order valence-corrected chi connectivity index (χ4v) is 8.33. The van der Waals surface area contributed by atoms with Crippen LogP contribution in [0, 0.1) is 5.82 Å². The number of hydrogen-bond acceptors (Lipinski definition) is 8. The average molecular weight is 568 g/mol. The SMILES string of the molecule is CC(c1ccc(F)cc1)n1cncc1C1CCCC2CN(S(=O)(=O)c3cnc(Nc4ccccn4)s3)CCN21. The lowest BCUT2D eigenvalue weighted by molar-refractivity contribution is 0.0321. The van der Waals surface area contributed by atoms with Crippen LogP contribution in [0.15, 0.2) is 71.6 Å². The van der Waals surface area contributed by atoms with Crippen LogP contribution in [0.4, 0.5) is 15.3 Å². The molecule has 1 N–H and O–H groups in total. The normalized spacial score (nSPS) is 21.4. The Morgan fingerprint density at radius 3 is 2.72 bits per heavy atom. The van der Waals surface area contributed by atoms with Crippen molar-refractivity contribution < 1.29 is 12.8 Å². The second-order valence-electron chi connectivity index (χ2n) is 9.98. The van der Waals surface area contributed by atoms with Gasteiger partial charge in [0, 0.05) is 38.1 Å². The van der Waals surface area contributed by atoms with E-state index in [9.17, 15) is 12.8 Å². The number of piperazine rings is 1. The molecule has 6 rings (SSSR count). The Kier molecular flexibility index (Phi) is 7.19. The van der Waals surface area contributed by atoms with Crippen LogP contribution in [0.1, 0.15) is 49.5 Å². The van der Waals surface area contributed by atoms with Crippen LogP contribution in [0.3, 0.4) is 0 Å². The monoisotopic (exact) mass is 567 g/mol. The van der Waals surface area contributed by atoms with Gasteiger partial charge in [0.2, 0.25) is 0 Å². The minimum absolute atomic E-state index is 0.00497. The highest BCUT2D eigenvalue weighted by Gasteiger charge is 2.41. The van der Waals surface area contributed by atoms with Gasteiger partial charge >= 0.3 is 0 Å². The number of sulfonamides is 1. The van der Waals surface area contributed by atoms with Crippen LogP contribution in [0.5, 0.6) is 0 Å². The number of nitrogens with zero attached hydrogens (tertiary/aromatic N) is 6. The lowest BCUT2D eigenvalue weighted by Crippen LogP contribution is -2.57. The Morgan fingerprint density at radius 2 is 1.92 bits per heavy atom. The molecule has 3 aromatic heterocycles. The summed E-state index contributed by atoms with van der Waals surface area (Å²) in [7, 11) is -3.66. The van der Waals surface area contributed by atoms with Crippen molar-refractivity contribution in [3.63, 3.8) is 0 Å². The van der Waals surface area contributed by atoms with Crippen LogP contribution in [-0.2, 0) is 10.0 Å². The number of halogens is 1. The molecule has 2 fully saturated rings. The number of pyridine rings is 1. The van der Waals surface area contributed by atoms with Gasteiger partial charge in [0.15, 0.2) is 9.34 Å². The fraction of sp³-hybridized carbons (Fsp3) is 0.370. The zero-order valence-corrected chi connectivity index (χ0v) is 23.2. The molecule has 3 unspecified atom stereocenters. The number of hydrogen-bond donors (Lipinski definition) is 1. The van der Waals surface area contributed by atoms with Crippen molar-refractivity contribution in [2.45, 2.75) is 48.5 Å². The van der Waals surface area contributed by atoms with Gasteiger partial charge in [-0.15, -0.1) is 0 Å². The van der Waals surface area contributed by atoms with Crippen molar-refractivity contribution in [1.82, 2.24) is 28.7 Å². The van der Waals surface area contributed by atoms with E-state index in [0.29, 0.717) is 30.6 Å². The maximum absolute atomic E-state index is 13.6. The first kappa shape index (κ1) is 26.1. The summed E-state index contributed by atoms with van der Waals surface area (Å²) < 4.78 is 44.6. The number of benzene rings is 1. The number of fused-ring (bicyclic) bond motifs is 1. The number of imidazole rings is 1. The summed E-state index contributed by atoms with van der Waals surface area (Å²) in [5.41, 5.74) is 2.13. The number of rotatable bonds is 7. The van der Waals surface area contributed by atoms with E-state index in [2.05, 4.69) is 36.7 Å². The maximum Gasteiger partial charge on any atom is 0.254 e. The van der Waals surface area contributed by atoms with Crippen molar-refractivity contribution >= 4 is 32.3 Å². The van der Waals surface area contributed by atoms with Crippen LogP contribution in [0.2, 0.25) is 0 Å². The minimum Gasteiger partial charge on any atom is -0.326 e. The van der Waals surface area contributed by atoms with E-state index in [0.717, 1.165) is 41.9 Å². The van der Waals surface area contributed by atoms with Gasteiger partial charge in [-0.25, -0.2) is 27.8 Å². The third-order valence-corrected chi connectivity index (χ3v) is 10.9. The quantitative estimate of drug-likeness (QED) is 0.342. The summed E-state index contributed by atoms with van der Waals surface area (Å²) >= 11 is 1.12. The predicted octanol–water partition coefficient (Wildman–Crippen LogP) is 4.83. The number of nitrogens with one attached hydrogen (secondary N) is 1. The van der Waals surface area contributed by atoms with Crippen molar-refractivity contribution in [2.75, 3.05) is 25.0 Å². The lowest BCUT2D eigenvalue weighted by Gasteiger charge is -2.47. The molecule has 0 spiro atoms. The summed E-state index contributed by atoms with van der Waals surface area (Å²) in [5, 5.41) is 3.57. The van der Waals surface area contributed by atoms with Crippen molar-refractivity contribution in [1.29, 1.82) is 0 Å². The second kappa shape index (κ2) is 10.8. The van der Waals surface area contributed by atoms with E-state index in [1.807, 2.05) is 36.8 Å². The molecule has 39 heavy (non-hydrogen) atoms. The molecule has 12 heteroatoms. The summed E-state index contributed by atoms with van der Waals surface area (Å²) in [6.45, 7) is 3.59. The highest BCUT2D eigenvalue weighted by atomic mass is 32.2. The molecule has 2 saturated heterocycles. The molecule has 0 aliphatic carbocycles. The van der Waals surface area contributed by atoms with Crippen LogP contribution in [-0.4, -0.2) is 62.8 Å². The number of anilines is 2. The molecule has 3 atom stereocenters. The molecule has 0 saturated carbocycles. The standard InChI is InChI=1S/C27H30FN7O2S2/c1-19(20-8-10-21(28)11-9-20)35-18-29-15-24(35)23-6-4-5-22-17-33(13-14-34(22)23)39(36,37)26-16-31-27(38-26)32-25-7-2-3-12-30-25/h2-3,7-12,15-16,18-19,22-23H,4-6,13-14,17H2,1H3,(H,30,31,32). The first-order valence-electron chi connectivity index (χ1n) is 13.1. The molecule has 0 radical (unpaired) electrons. The smallest absolute Gasteiger partial charge is 0.254 e. The number of thiazole rings is 1. The van der Waals surface area contributed by atoms with E-state index in [1.165, 1.54) is 18.3 Å². The zero-order valence-electron chi connectivity index (χ0n) is 21.5. The van der Waals surface area contributed by atoms with Gasteiger partial charge in [0.1, 0.15) is 11.6 Å². The Morgan fingerprint density at radius 1 is 1.08 bits per heavy atom. The highest BCUT2D eigenvalue weighted by Crippen LogP contribution is 2.39. The molecule has 0 bridgehead atoms. The van der Waals surface area contributed by atoms with E-state index in [1.54, 1.807) is 16.6 Å². The average Bonchev–Trinajstić information content (AvgIpc) is 3.64. The third kappa shape index (κ3) is 5.21. The summed E-state index contributed by atoms with van der Waals surface area (Å²) in [4.78, 5) is 15.4. The summed E-state index contributed by atoms with van der Waals surface area (Å²) in [6, 6.07) is 12.4. The first-order valence-corrected chi connectivity index (χ1v) is 15.3. The highest BCUT2D eigenvalue weighted by molar-refractivity contribution is 7.91. The van der Waals surface area contributed by atoms with Gasteiger partial charge in [-0.2, -0.15) is 4.31 Å². The van der Waals surface area contributed by atoms with E-state index < -0.39 is 10.0 Å². The summed E-state index contributed by atoms with van der Waals surface area (Å²) in [5.74, 6) is 0.365. The zero-order chi connectivity index (χ0) is 27.0. The number of aromatic nitrogens is 4. The third-order valence-electron chi connectivity index (χ3n) is 7.69. The molecule has 204 valence electrons. The molecule has 2 aliphatic heterocycles. The van der Waals surface area contributed by atoms with Gasteiger partial charge in [-0.1, -0.05) is 29.5 Å². The van der Waals surface area contributed by atoms with Crippen LogP contribution >= 0.6 is 11.3 Å². The Balaban J connectivity index is 1.17. The van der Waals surface area contributed by atoms with Crippen LogP contribution in [0.25, 0.3) is 0 Å². The topological polar surface area (TPSA) is 96.2 Å². The molecule has 9 nitrogen and oxygen atoms in total. The maximum atomic E-state index is 13.6. The molecule has 2 aliphatic rings. The van der Waals surface area contributed by atoms with Crippen LogP contribution < -0.4 is 5.32 Å². The Hall–Kier alpha value is -3.19. The van der Waals surface area contributed by atoms with Crippen molar-refractivity contribution in [3.8, 4) is 0 Å². The molecule has 0 amide bonds. The molecule has 1 aromatic carbocycles. The second-order valence-corrected chi connectivity index (χ2v) is 13.2. The van der Waals surface area contributed by atoms with Gasteiger partial charge in [-0.3, -0.25) is 4.90 Å².